The summed E-state index contributed by atoms with van der Waals surface area (Å²) in [6.07, 6.45) is -0.0759. The molecule has 3 aromatic rings. The van der Waals surface area contributed by atoms with E-state index in [1.807, 2.05) is 6.07 Å². The Bertz CT molecular complexity index is 1160. The molecule has 1 aliphatic carbocycles. The van der Waals surface area contributed by atoms with E-state index >= 15 is 0 Å². The van der Waals surface area contributed by atoms with Crippen LogP contribution in [-0.2, 0) is 19.4 Å². The predicted octanol–water partition coefficient (Wildman–Crippen LogP) is 2.85. The molecule has 1 aromatic heterocycles. The van der Waals surface area contributed by atoms with Crippen LogP contribution in [0, 0.1) is 23.0 Å². The van der Waals surface area contributed by atoms with Crippen molar-refractivity contribution in [1.29, 1.82) is 5.26 Å². The molecule has 0 saturated carbocycles. The van der Waals surface area contributed by atoms with Crippen LogP contribution in [0.1, 0.15) is 34.0 Å². The third kappa shape index (κ3) is 2.84. The Balaban J connectivity index is 1.70. The van der Waals surface area contributed by atoms with Gasteiger partial charge in [-0.15, -0.1) is 0 Å². The molecule has 0 fully saturated rings. The number of benzene rings is 2. The van der Waals surface area contributed by atoms with E-state index < -0.39 is 23.8 Å². The lowest BCUT2D eigenvalue weighted by Crippen LogP contribution is -2.29. The number of aliphatic hydroxyl groups excluding tert-OH is 1. The van der Waals surface area contributed by atoms with Gasteiger partial charge in [0.25, 0.3) is 0 Å². The smallest absolute Gasteiger partial charge is 0.129 e. The van der Waals surface area contributed by atoms with E-state index in [0.717, 1.165) is 35.1 Å². The van der Waals surface area contributed by atoms with Crippen molar-refractivity contribution in [3.63, 3.8) is 0 Å². The van der Waals surface area contributed by atoms with Gasteiger partial charge in [-0.3, -0.25) is 4.68 Å². The quantitative estimate of drug-likeness (QED) is 0.703. The van der Waals surface area contributed by atoms with Gasteiger partial charge in [0, 0.05) is 48.8 Å². The highest BCUT2D eigenvalue weighted by Crippen LogP contribution is 2.39. The summed E-state index contributed by atoms with van der Waals surface area (Å²) >= 11 is 0. The molecule has 0 unspecified atom stereocenters. The number of nitrogens with one attached hydrogen (secondary N) is 1. The molecule has 5 nitrogen and oxygen atoms in total. The van der Waals surface area contributed by atoms with Crippen LogP contribution < -0.4 is 5.32 Å². The maximum atomic E-state index is 14.3. The average molecular weight is 392 g/mol. The molecule has 0 bridgehead atoms. The zero-order valence-electron chi connectivity index (χ0n) is 15.5. The lowest BCUT2D eigenvalue weighted by atomic mass is 10.00. The molecular weight excluding hydrogens is 374 g/mol. The predicted molar refractivity (Wildman–Crippen MR) is 102 cm³/mol. The van der Waals surface area contributed by atoms with Crippen LogP contribution in [0.2, 0.25) is 0 Å². The first-order chi connectivity index (χ1) is 14.1. The van der Waals surface area contributed by atoms with Crippen molar-refractivity contribution >= 4 is 0 Å². The first-order valence-electron chi connectivity index (χ1n) is 9.54. The van der Waals surface area contributed by atoms with Crippen LogP contribution in [0.5, 0.6) is 0 Å². The van der Waals surface area contributed by atoms with Crippen molar-refractivity contribution in [3.8, 4) is 17.3 Å². The molecule has 0 saturated heterocycles. The molecule has 0 amide bonds. The Morgan fingerprint density at radius 2 is 2.07 bits per heavy atom. The lowest BCUT2D eigenvalue weighted by Gasteiger charge is -2.22. The van der Waals surface area contributed by atoms with Crippen LogP contribution >= 0.6 is 0 Å². The van der Waals surface area contributed by atoms with Crippen molar-refractivity contribution in [2.75, 3.05) is 6.54 Å². The van der Waals surface area contributed by atoms with Gasteiger partial charge in [0.05, 0.1) is 23.4 Å². The number of nitrogens with zero attached hydrogens (tertiary/aromatic N) is 3. The van der Waals surface area contributed by atoms with E-state index in [1.54, 1.807) is 22.9 Å². The van der Waals surface area contributed by atoms with Gasteiger partial charge in [-0.05, 0) is 29.3 Å². The largest absolute Gasteiger partial charge is 0.390 e. The molecule has 0 spiro atoms. The Morgan fingerprint density at radius 1 is 1.21 bits per heavy atom. The fourth-order valence-electron chi connectivity index (χ4n) is 4.50. The Hall–Kier alpha value is -3.08. The molecule has 29 heavy (non-hydrogen) atoms. The van der Waals surface area contributed by atoms with E-state index in [-0.39, 0.29) is 6.42 Å². The Kier molecular flexibility index (Phi) is 4.19. The fraction of sp³-hybridized carbons (Fsp3) is 0.273. The normalized spacial score (nSPS) is 20.2. The lowest BCUT2D eigenvalue weighted by molar-refractivity contribution is 0.136. The van der Waals surface area contributed by atoms with Crippen molar-refractivity contribution in [3.05, 3.63) is 76.0 Å². The monoisotopic (exact) mass is 392 g/mol. The molecule has 7 heteroatoms. The number of halogens is 2. The maximum Gasteiger partial charge on any atom is 0.129 e. The number of fused-ring (bicyclic) bond motifs is 2. The van der Waals surface area contributed by atoms with Gasteiger partial charge in [-0.2, -0.15) is 10.4 Å². The number of nitriles is 1. The molecule has 2 atom stereocenters. The van der Waals surface area contributed by atoms with Crippen molar-refractivity contribution in [2.24, 2.45) is 0 Å². The number of rotatable bonds is 2. The van der Waals surface area contributed by atoms with Gasteiger partial charge in [0.15, 0.2) is 0 Å². The second kappa shape index (κ2) is 6.76. The minimum Gasteiger partial charge on any atom is -0.390 e. The topological polar surface area (TPSA) is 73.9 Å². The van der Waals surface area contributed by atoms with Crippen molar-refractivity contribution in [2.45, 2.75) is 31.5 Å². The van der Waals surface area contributed by atoms with E-state index in [2.05, 4.69) is 11.4 Å². The summed E-state index contributed by atoms with van der Waals surface area (Å²) in [5.74, 6) is -1.30. The number of aliphatic hydroxyl groups is 1. The Labute approximate surface area is 166 Å². The molecule has 2 aromatic carbocycles. The first-order valence-corrected chi connectivity index (χ1v) is 9.54. The van der Waals surface area contributed by atoms with Gasteiger partial charge >= 0.3 is 0 Å². The highest BCUT2D eigenvalue weighted by atomic mass is 19.1. The van der Waals surface area contributed by atoms with Crippen LogP contribution in [0.25, 0.3) is 11.3 Å². The summed E-state index contributed by atoms with van der Waals surface area (Å²) in [5.41, 5.74) is 4.78. The van der Waals surface area contributed by atoms with Gasteiger partial charge in [-0.25, -0.2) is 8.78 Å². The number of aromatic nitrogens is 2. The highest BCUT2D eigenvalue weighted by Gasteiger charge is 2.38. The highest BCUT2D eigenvalue weighted by molar-refractivity contribution is 5.66. The second-order valence-electron chi connectivity index (χ2n) is 7.51. The van der Waals surface area contributed by atoms with Gasteiger partial charge in [-0.1, -0.05) is 12.1 Å². The van der Waals surface area contributed by atoms with Gasteiger partial charge < -0.3 is 10.4 Å². The average Bonchev–Trinajstić information content (AvgIpc) is 3.25. The van der Waals surface area contributed by atoms with Crippen LogP contribution in [0.15, 0.2) is 36.4 Å². The maximum absolute atomic E-state index is 14.3. The third-order valence-corrected chi connectivity index (χ3v) is 5.78. The zero-order chi connectivity index (χ0) is 20.1. The molecule has 2 N–H and O–H groups in total. The zero-order valence-corrected chi connectivity index (χ0v) is 15.5. The molecular formula is C22H18F2N4O. The van der Waals surface area contributed by atoms with E-state index in [1.165, 1.54) is 6.07 Å². The molecule has 5 rings (SSSR count). The SMILES string of the molecule is N#Cc1cccc(-c2nn([C@@H]3c4cc(F)cc(F)c4C[C@H]3O)c3c2CNCC3)c1. The Morgan fingerprint density at radius 3 is 2.90 bits per heavy atom. The van der Waals surface area contributed by atoms with E-state index in [4.69, 9.17) is 5.10 Å². The first kappa shape index (κ1) is 18.0. The van der Waals surface area contributed by atoms with Crippen LogP contribution in [0.4, 0.5) is 8.78 Å². The molecule has 2 aliphatic rings. The minimum absolute atomic E-state index is 0.123. The van der Waals surface area contributed by atoms with E-state index in [9.17, 15) is 19.1 Å². The second-order valence-corrected chi connectivity index (χ2v) is 7.51. The molecule has 146 valence electrons. The van der Waals surface area contributed by atoms with Gasteiger partial charge in [0.1, 0.15) is 17.7 Å². The summed E-state index contributed by atoms with van der Waals surface area (Å²) in [6, 6.07) is 10.8. The molecule has 1 aliphatic heterocycles. The summed E-state index contributed by atoms with van der Waals surface area (Å²) in [5, 5.41) is 28.1. The van der Waals surface area contributed by atoms with Gasteiger partial charge in [0.2, 0.25) is 0 Å². The minimum atomic E-state index is -0.890. The third-order valence-electron chi connectivity index (χ3n) is 5.78. The number of hydrogen-bond donors (Lipinski definition) is 2. The molecule has 2 heterocycles. The summed E-state index contributed by atoms with van der Waals surface area (Å²) < 4.78 is 30.0. The van der Waals surface area contributed by atoms with Crippen LogP contribution in [-0.4, -0.2) is 27.5 Å². The van der Waals surface area contributed by atoms with Crippen molar-refractivity contribution < 1.29 is 13.9 Å². The van der Waals surface area contributed by atoms with Crippen LogP contribution in [0.3, 0.4) is 0 Å². The van der Waals surface area contributed by atoms with E-state index in [0.29, 0.717) is 29.7 Å². The molecule has 0 radical (unpaired) electrons. The fourth-order valence-corrected chi connectivity index (χ4v) is 4.50. The number of hydrogen-bond acceptors (Lipinski definition) is 4. The van der Waals surface area contributed by atoms with Crippen molar-refractivity contribution in [1.82, 2.24) is 15.1 Å². The summed E-state index contributed by atoms with van der Waals surface area (Å²) in [4.78, 5) is 0. The standard InChI is InChI=1S/C22H18F2N4O/c23-14-7-16-15(18(24)8-14)9-20(29)22(16)28-19-4-5-26-11-17(19)21(27-28)13-3-1-2-12(6-13)10-25/h1-3,6-8,20,22,26,29H,4-5,9,11H2/t20-,22-/m1/s1. The summed E-state index contributed by atoms with van der Waals surface area (Å²) in [7, 11) is 0. The summed E-state index contributed by atoms with van der Waals surface area (Å²) in [6.45, 7) is 1.36.